The first kappa shape index (κ1) is 12.7. The van der Waals surface area contributed by atoms with Gasteiger partial charge >= 0.3 is 0 Å². The Morgan fingerprint density at radius 2 is 2.20 bits per heavy atom. The van der Waals surface area contributed by atoms with Gasteiger partial charge in [0.25, 0.3) is 0 Å². The maximum atomic E-state index is 12.8. The summed E-state index contributed by atoms with van der Waals surface area (Å²) in [6.07, 6.45) is 0.678. The molecule has 1 aromatic carbocycles. The van der Waals surface area contributed by atoms with Crippen LogP contribution in [0.1, 0.15) is 20.3 Å². The minimum Gasteiger partial charge on any atom is -0.388 e. The second kappa shape index (κ2) is 5.12. The first-order valence-electron chi connectivity index (χ1n) is 4.86. The highest BCUT2D eigenvalue weighted by Crippen LogP contribution is 2.20. The van der Waals surface area contributed by atoms with Crippen LogP contribution < -0.4 is 5.32 Å². The Morgan fingerprint density at radius 3 is 2.73 bits per heavy atom. The van der Waals surface area contributed by atoms with E-state index in [1.807, 2.05) is 6.92 Å². The molecule has 0 aliphatic carbocycles. The zero-order chi connectivity index (χ0) is 11.5. The summed E-state index contributed by atoms with van der Waals surface area (Å²) in [6, 6.07) is 4.55. The van der Waals surface area contributed by atoms with Gasteiger partial charge in [0, 0.05) is 15.8 Å². The van der Waals surface area contributed by atoms with Gasteiger partial charge in [0.1, 0.15) is 5.82 Å². The number of rotatable bonds is 4. The molecule has 0 spiro atoms. The number of hydrogen-bond donors (Lipinski definition) is 2. The Bertz CT molecular complexity index is 341. The van der Waals surface area contributed by atoms with E-state index >= 15 is 0 Å². The van der Waals surface area contributed by atoms with Crippen LogP contribution >= 0.6 is 22.6 Å². The molecular weight excluding hydrogens is 308 g/mol. The molecule has 1 aromatic rings. The molecule has 0 aliphatic heterocycles. The summed E-state index contributed by atoms with van der Waals surface area (Å²) in [4.78, 5) is 0. The quantitative estimate of drug-likeness (QED) is 0.835. The van der Waals surface area contributed by atoms with Crippen molar-refractivity contribution < 1.29 is 9.50 Å². The van der Waals surface area contributed by atoms with Crippen LogP contribution in [-0.4, -0.2) is 17.3 Å². The summed E-state index contributed by atoms with van der Waals surface area (Å²) in [5, 5.41) is 12.9. The second-order valence-corrected chi connectivity index (χ2v) is 4.99. The number of aliphatic hydroxyl groups is 1. The van der Waals surface area contributed by atoms with E-state index in [1.165, 1.54) is 12.1 Å². The maximum absolute atomic E-state index is 12.8. The molecule has 0 aliphatic rings. The summed E-state index contributed by atoms with van der Waals surface area (Å²) in [5.74, 6) is -0.243. The van der Waals surface area contributed by atoms with Crippen LogP contribution in [0.4, 0.5) is 10.1 Å². The largest absolute Gasteiger partial charge is 0.388 e. The molecule has 0 saturated heterocycles. The first-order chi connectivity index (χ1) is 6.94. The highest BCUT2D eigenvalue weighted by molar-refractivity contribution is 14.1. The monoisotopic (exact) mass is 323 g/mol. The van der Waals surface area contributed by atoms with E-state index < -0.39 is 5.60 Å². The standard InChI is InChI=1S/C11H15FINO/c1-3-11(2,15)7-14-10-5-4-8(12)6-9(10)13/h4-6,14-15H,3,7H2,1-2H3. The van der Waals surface area contributed by atoms with Crippen LogP contribution in [-0.2, 0) is 0 Å². The van der Waals surface area contributed by atoms with E-state index in [4.69, 9.17) is 0 Å². The molecule has 1 unspecified atom stereocenters. The molecule has 2 N–H and O–H groups in total. The van der Waals surface area contributed by atoms with Gasteiger partial charge < -0.3 is 10.4 Å². The van der Waals surface area contributed by atoms with Gasteiger partial charge in [-0.05, 0) is 54.1 Å². The van der Waals surface area contributed by atoms with E-state index in [0.717, 1.165) is 9.26 Å². The minimum absolute atomic E-state index is 0.243. The third kappa shape index (κ3) is 3.95. The third-order valence-electron chi connectivity index (χ3n) is 2.35. The van der Waals surface area contributed by atoms with Gasteiger partial charge in [-0.1, -0.05) is 6.92 Å². The first-order valence-corrected chi connectivity index (χ1v) is 5.94. The fourth-order valence-corrected chi connectivity index (χ4v) is 1.71. The summed E-state index contributed by atoms with van der Waals surface area (Å²) in [6.45, 7) is 4.17. The number of anilines is 1. The number of nitrogens with one attached hydrogen (secondary N) is 1. The molecule has 0 aromatic heterocycles. The zero-order valence-corrected chi connectivity index (χ0v) is 11.0. The van der Waals surface area contributed by atoms with E-state index in [2.05, 4.69) is 27.9 Å². The molecule has 0 saturated carbocycles. The van der Waals surface area contributed by atoms with Gasteiger partial charge in [-0.15, -0.1) is 0 Å². The summed E-state index contributed by atoms with van der Waals surface area (Å²) in [7, 11) is 0. The minimum atomic E-state index is -0.725. The molecule has 1 atom stereocenters. The van der Waals surface area contributed by atoms with Crippen LogP contribution in [0.25, 0.3) is 0 Å². The average molecular weight is 323 g/mol. The van der Waals surface area contributed by atoms with E-state index in [-0.39, 0.29) is 5.82 Å². The van der Waals surface area contributed by atoms with Crippen LogP contribution in [0.5, 0.6) is 0 Å². The smallest absolute Gasteiger partial charge is 0.124 e. The van der Waals surface area contributed by atoms with Crippen molar-refractivity contribution in [2.24, 2.45) is 0 Å². The molecule has 0 amide bonds. The summed E-state index contributed by atoms with van der Waals surface area (Å²) in [5.41, 5.74) is 0.128. The van der Waals surface area contributed by atoms with Gasteiger partial charge in [0.05, 0.1) is 5.60 Å². The van der Waals surface area contributed by atoms with Gasteiger partial charge in [-0.3, -0.25) is 0 Å². The molecule has 2 nitrogen and oxygen atoms in total. The molecule has 0 bridgehead atoms. The molecule has 0 heterocycles. The van der Waals surface area contributed by atoms with Crippen molar-refractivity contribution in [1.29, 1.82) is 0 Å². The van der Waals surface area contributed by atoms with E-state index in [0.29, 0.717) is 13.0 Å². The third-order valence-corrected chi connectivity index (χ3v) is 3.24. The van der Waals surface area contributed by atoms with Gasteiger partial charge in [-0.25, -0.2) is 4.39 Å². The number of hydrogen-bond acceptors (Lipinski definition) is 2. The lowest BCUT2D eigenvalue weighted by atomic mass is 10.0. The fourth-order valence-electron chi connectivity index (χ4n) is 1.04. The van der Waals surface area contributed by atoms with E-state index in [1.54, 1.807) is 13.0 Å². The predicted octanol–water partition coefficient (Wildman–Crippen LogP) is 3.00. The second-order valence-electron chi connectivity index (χ2n) is 3.83. The number of benzene rings is 1. The molecule has 0 radical (unpaired) electrons. The lowest BCUT2D eigenvalue weighted by molar-refractivity contribution is 0.0697. The van der Waals surface area contributed by atoms with Crippen molar-refractivity contribution in [3.8, 4) is 0 Å². The highest BCUT2D eigenvalue weighted by Gasteiger charge is 2.17. The van der Waals surface area contributed by atoms with Crippen molar-refractivity contribution >= 4 is 28.3 Å². The van der Waals surface area contributed by atoms with Gasteiger partial charge in [0.15, 0.2) is 0 Å². The topological polar surface area (TPSA) is 32.3 Å². The van der Waals surface area contributed by atoms with Gasteiger partial charge in [0.2, 0.25) is 0 Å². The SMILES string of the molecule is CCC(C)(O)CNc1ccc(F)cc1I. The van der Waals surface area contributed by atoms with Crippen LogP contribution in [0.2, 0.25) is 0 Å². The van der Waals surface area contributed by atoms with Crippen LogP contribution in [0.3, 0.4) is 0 Å². The van der Waals surface area contributed by atoms with Crippen molar-refractivity contribution in [1.82, 2.24) is 0 Å². The Balaban J connectivity index is 2.66. The number of halogens is 2. The maximum Gasteiger partial charge on any atom is 0.124 e. The Labute approximate surface area is 103 Å². The molecule has 15 heavy (non-hydrogen) atoms. The Morgan fingerprint density at radius 1 is 1.53 bits per heavy atom. The summed E-state index contributed by atoms with van der Waals surface area (Å²) >= 11 is 2.07. The Kier molecular flexibility index (Phi) is 4.33. The van der Waals surface area contributed by atoms with Crippen molar-refractivity contribution in [3.63, 3.8) is 0 Å². The van der Waals surface area contributed by atoms with Crippen molar-refractivity contribution in [2.45, 2.75) is 25.9 Å². The summed E-state index contributed by atoms with van der Waals surface area (Å²) < 4.78 is 13.6. The lowest BCUT2D eigenvalue weighted by Crippen LogP contribution is -2.32. The van der Waals surface area contributed by atoms with Gasteiger partial charge in [-0.2, -0.15) is 0 Å². The van der Waals surface area contributed by atoms with Crippen LogP contribution in [0.15, 0.2) is 18.2 Å². The van der Waals surface area contributed by atoms with Crippen molar-refractivity contribution in [3.05, 3.63) is 27.6 Å². The fraction of sp³-hybridized carbons (Fsp3) is 0.455. The van der Waals surface area contributed by atoms with Crippen molar-refractivity contribution in [2.75, 3.05) is 11.9 Å². The zero-order valence-electron chi connectivity index (χ0n) is 8.85. The molecule has 1 rings (SSSR count). The molecule has 0 fully saturated rings. The normalized spacial score (nSPS) is 14.7. The van der Waals surface area contributed by atoms with Crippen LogP contribution in [0, 0.1) is 9.39 Å². The molecule has 84 valence electrons. The van der Waals surface area contributed by atoms with E-state index in [9.17, 15) is 9.50 Å². The highest BCUT2D eigenvalue weighted by atomic mass is 127. The average Bonchev–Trinajstić information content (AvgIpc) is 2.16. The Hall–Kier alpha value is -0.360. The predicted molar refractivity (Wildman–Crippen MR) is 68.5 cm³/mol. The molecular formula is C11H15FINO. The molecule has 4 heteroatoms. The lowest BCUT2D eigenvalue weighted by Gasteiger charge is -2.22.